The summed E-state index contributed by atoms with van der Waals surface area (Å²) in [6.45, 7) is 1.91. The van der Waals surface area contributed by atoms with Gasteiger partial charge in [0.2, 0.25) is 0 Å². The van der Waals surface area contributed by atoms with Gasteiger partial charge in [-0.15, -0.1) is 0 Å². The van der Waals surface area contributed by atoms with Crippen molar-refractivity contribution in [2.45, 2.75) is 26.1 Å². The average Bonchev–Trinajstić information content (AvgIpc) is 2.94. The summed E-state index contributed by atoms with van der Waals surface area (Å²) in [5, 5.41) is 1.26. The van der Waals surface area contributed by atoms with E-state index in [1.165, 1.54) is 7.11 Å². The molecule has 2 aromatic rings. The fourth-order valence-corrected chi connectivity index (χ4v) is 3.39. The number of ether oxygens (including phenoxy) is 2. The van der Waals surface area contributed by atoms with E-state index < -0.39 is 0 Å². The van der Waals surface area contributed by atoms with Gasteiger partial charge in [0.05, 0.1) is 31.6 Å². The van der Waals surface area contributed by atoms with E-state index in [1.54, 1.807) is 24.1 Å². The van der Waals surface area contributed by atoms with Gasteiger partial charge in [-0.3, -0.25) is 0 Å². The number of benzene rings is 1. The first-order valence-corrected chi connectivity index (χ1v) is 8.62. The van der Waals surface area contributed by atoms with E-state index >= 15 is 0 Å². The number of methoxy groups -OCH3 is 2. The summed E-state index contributed by atoms with van der Waals surface area (Å²) < 4.78 is 12.2. The highest BCUT2D eigenvalue weighted by molar-refractivity contribution is 6.33. The smallest absolute Gasteiger partial charge is 0.409 e. The summed E-state index contributed by atoms with van der Waals surface area (Å²) in [6.07, 6.45) is 0.338. The molecule has 1 aromatic carbocycles. The van der Waals surface area contributed by atoms with E-state index in [0.717, 1.165) is 22.8 Å². The Morgan fingerprint density at radius 2 is 2.12 bits per heavy atom. The summed E-state index contributed by atoms with van der Waals surface area (Å²) in [5.74, 6) is 0.801. The lowest BCUT2D eigenvalue weighted by molar-refractivity contribution is 0.117. The topological polar surface area (TPSA) is 56.6 Å². The summed E-state index contributed by atoms with van der Waals surface area (Å²) in [5.41, 5.74) is 2.84. The van der Waals surface area contributed by atoms with Crippen molar-refractivity contribution in [1.29, 1.82) is 0 Å². The molecule has 8 heteroatoms. The fraction of sp³-hybridized carbons (Fsp3) is 0.412. The van der Waals surface area contributed by atoms with Gasteiger partial charge in [0.25, 0.3) is 0 Å². The first-order chi connectivity index (χ1) is 12.0. The van der Waals surface area contributed by atoms with Gasteiger partial charge in [0.1, 0.15) is 12.4 Å². The Morgan fingerprint density at radius 3 is 2.84 bits per heavy atom. The zero-order valence-electron chi connectivity index (χ0n) is 14.1. The number of imidazole rings is 1. The number of carbonyl (C=O) groups excluding carboxylic acids is 1. The van der Waals surface area contributed by atoms with Gasteiger partial charge in [-0.2, -0.15) is 0 Å². The lowest BCUT2D eigenvalue weighted by atomic mass is 10.1. The van der Waals surface area contributed by atoms with Crippen molar-refractivity contribution in [2.75, 3.05) is 20.8 Å². The van der Waals surface area contributed by atoms with E-state index in [-0.39, 0.29) is 6.09 Å². The monoisotopic (exact) mass is 383 g/mol. The number of aromatic nitrogens is 2. The summed E-state index contributed by atoms with van der Waals surface area (Å²) in [7, 11) is 3.02. The number of amides is 1. The number of nitrogens with zero attached hydrogens (tertiary/aromatic N) is 3. The molecule has 0 radical (unpaired) electrons. The minimum absolute atomic E-state index is 0.340. The second-order valence-electron chi connectivity index (χ2n) is 5.82. The highest BCUT2D eigenvalue weighted by Gasteiger charge is 2.27. The molecule has 25 heavy (non-hydrogen) atoms. The van der Waals surface area contributed by atoms with Crippen LogP contribution in [0.4, 0.5) is 4.79 Å². The van der Waals surface area contributed by atoms with Gasteiger partial charge in [-0.25, -0.2) is 9.78 Å². The molecule has 2 heterocycles. The van der Waals surface area contributed by atoms with Gasteiger partial charge in [0.15, 0.2) is 0 Å². The Kier molecular flexibility index (Phi) is 5.51. The fourth-order valence-electron chi connectivity index (χ4n) is 3.02. The van der Waals surface area contributed by atoms with Gasteiger partial charge >= 0.3 is 6.09 Å². The third-order valence-corrected chi connectivity index (χ3v) is 4.84. The van der Waals surface area contributed by atoms with Gasteiger partial charge < -0.3 is 18.9 Å². The molecule has 0 spiro atoms. The second kappa shape index (κ2) is 7.64. The summed E-state index contributed by atoms with van der Waals surface area (Å²) in [6, 6.07) is 5.37. The number of halogens is 2. The first kappa shape index (κ1) is 18.0. The van der Waals surface area contributed by atoms with Crippen LogP contribution in [0, 0.1) is 0 Å². The Morgan fingerprint density at radius 1 is 1.32 bits per heavy atom. The molecule has 0 saturated heterocycles. The summed E-state index contributed by atoms with van der Waals surface area (Å²) >= 11 is 12.4. The van der Waals surface area contributed by atoms with Crippen molar-refractivity contribution in [3.8, 4) is 0 Å². The average molecular weight is 384 g/mol. The molecule has 0 unspecified atom stereocenters. The number of carbonyl (C=O) groups is 1. The van der Waals surface area contributed by atoms with Crippen LogP contribution < -0.4 is 0 Å². The molecular formula is C17H19Cl2N3O3. The summed E-state index contributed by atoms with van der Waals surface area (Å²) in [4.78, 5) is 18.2. The number of rotatable bonds is 4. The van der Waals surface area contributed by atoms with Crippen LogP contribution in [0.1, 0.15) is 22.8 Å². The largest absolute Gasteiger partial charge is 0.453 e. The molecule has 0 saturated carbocycles. The normalized spacial score (nSPS) is 13.7. The van der Waals surface area contributed by atoms with Crippen LogP contribution in [0.15, 0.2) is 18.2 Å². The molecule has 0 fully saturated rings. The molecule has 1 amide bonds. The van der Waals surface area contributed by atoms with Crippen LogP contribution in [0.2, 0.25) is 10.0 Å². The Bertz CT molecular complexity index is 792. The van der Waals surface area contributed by atoms with Crippen LogP contribution in [-0.2, 0) is 35.6 Å². The minimum atomic E-state index is -0.340. The maximum Gasteiger partial charge on any atom is 0.409 e. The van der Waals surface area contributed by atoms with Gasteiger partial charge in [-0.1, -0.05) is 23.2 Å². The maximum atomic E-state index is 11.9. The molecule has 1 aliphatic heterocycles. The Labute approximate surface area is 156 Å². The molecule has 0 N–H and O–H groups in total. The lowest BCUT2D eigenvalue weighted by Crippen LogP contribution is -2.36. The number of fused-ring (bicyclic) bond motifs is 1. The van der Waals surface area contributed by atoms with Gasteiger partial charge in [0, 0.05) is 30.1 Å². The molecule has 6 nitrogen and oxygen atoms in total. The molecule has 134 valence electrons. The van der Waals surface area contributed by atoms with E-state index in [4.69, 9.17) is 37.7 Å². The predicted molar refractivity (Wildman–Crippen MR) is 95.0 cm³/mol. The minimum Gasteiger partial charge on any atom is -0.453 e. The predicted octanol–water partition coefficient (Wildman–Crippen LogP) is 3.51. The highest BCUT2D eigenvalue weighted by Crippen LogP contribution is 2.26. The van der Waals surface area contributed by atoms with Crippen LogP contribution in [0.5, 0.6) is 0 Å². The highest BCUT2D eigenvalue weighted by atomic mass is 35.5. The van der Waals surface area contributed by atoms with Crippen molar-refractivity contribution < 1.29 is 14.3 Å². The van der Waals surface area contributed by atoms with Gasteiger partial charge in [-0.05, 0) is 23.8 Å². The van der Waals surface area contributed by atoms with Crippen LogP contribution in [0.3, 0.4) is 0 Å². The standard InChI is InChI=1S/C17H19Cl2N3O3/c1-24-10-16-20-14-5-6-21(17(23)25-2)9-15(14)22(16)8-11-7-12(18)3-4-13(11)19/h3-4,7H,5-6,8-10H2,1-2H3. The lowest BCUT2D eigenvalue weighted by Gasteiger charge is -2.26. The van der Waals surface area contributed by atoms with Crippen molar-refractivity contribution in [3.63, 3.8) is 0 Å². The maximum absolute atomic E-state index is 11.9. The number of hydrogen-bond acceptors (Lipinski definition) is 4. The van der Waals surface area contributed by atoms with Crippen molar-refractivity contribution in [2.24, 2.45) is 0 Å². The molecule has 0 bridgehead atoms. The van der Waals surface area contributed by atoms with Crippen LogP contribution in [0.25, 0.3) is 0 Å². The second-order valence-corrected chi connectivity index (χ2v) is 6.66. The Balaban J connectivity index is 1.98. The quantitative estimate of drug-likeness (QED) is 0.810. The van der Waals surface area contributed by atoms with E-state index in [2.05, 4.69) is 0 Å². The van der Waals surface area contributed by atoms with Crippen LogP contribution in [-0.4, -0.2) is 41.3 Å². The molecule has 1 aliphatic rings. The third kappa shape index (κ3) is 3.76. The van der Waals surface area contributed by atoms with Crippen molar-refractivity contribution in [3.05, 3.63) is 51.0 Å². The molecular weight excluding hydrogens is 365 g/mol. The molecule has 3 rings (SSSR count). The number of hydrogen-bond donors (Lipinski definition) is 0. The van der Waals surface area contributed by atoms with E-state index in [9.17, 15) is 4.79 Å². The van der Waals surface area contributed by atoms with Crippen molar-refractivity contribution in [1.82, 2.24) is 14.5 Å². The first-order valence-electron chi connectivity index (χ1n) is 7.86. The Hall–Kier alpha value is -1.76. The molecule has 0 aliphatic carbocycles. The van der Waals surface area contributed by atoms with Crippen molar-refractivity contribution >= 4 is 29.3 Å². The van der Waals surface area contributed by atoms with Crippen LogP contribution >= 0.6 is 23.2 Å². The zero-order valence-corrected chi connectivity index (χ0v) is 15.6. The van der Waals surface area contributed by atoms with E-state index in [0.29, 0.717) is 42.7 Å². The third-order valence-electron chi connectivity index (χ3n) is 4.24. The van der Waals surface area contributed by atoms with E-state index in [1.807, 2.05) is 10.6 Å². The molecule has 0 atom stereocenters. The zero-order chi connectivity index (χ0) is 18.0. The SMILES string of the molecule is COCc1nc2c(n1Cc1cc(Cl)ccc1Cl)CN(C(=O)OC)CC2. The molecule has 1 aromatic heterocycles.